The standard InChI is InChI=1S/C12H26N4O2/c1-5-10(6-11(13)16-18)15-9(4)12(17)14-7-8(2)3/h8-10,15,18H,5-7H2,1-4H3,(H2,13,16)(H,14,17). The van der Waals surface area contributed by atoms with Gasteiger partial charge in [0.1, 0.15) is 5.84 Å². The van der Waals surface area contributed by atoms with Crippen molar-refractivity contribution in [3.05, 3.63) is 0 Å². The third-order valence-electron chi connectivity index (χ3n) is 2.64. The van der Waals surface area contributed by atoms with Crippen molar-refractivity contribution in [2.75, 3.05) is 6.54 Å². The molecule has 0 aromatic heterocycles. The second-order valence-electron chi connectivity index (χ2n) is 4.93. The first-order valence-corrected chi connectivity index (χ1v) is 6.40. The maximum atomic E-state index is 11.8. The lowest BCUT2D eigenvalue weighted by molar-refractivity contribution is -0.123. The van der Waals surface area contributed by atoms with Gasteiger partial charge in [0.2, 0.25) is 5.91 Å². The highest BCUT2D eigenvalue weighted by Gasteiger charge is 2.17. The van der Waals surface area contributed by atoms with E-state index in [1.54, 1.807) is 0 Å². The number of carbonyl (C=O) groups is 1. The van der Waals surface area contributed by atoms with Crippen LogP contribution in [-0.4, -0.2) is 35.6 Å². The summed E-state index contributed by atoms with van der Waals surface area (Å²) < 4.78 is 0. The molecule has 0 rings (SSSR count). The van der Waals surface area contributed by atoms with Crippen LogP contribution in [0.15, 0.2) is 5.16 Å². The van der Waals surface area contributed by atoms with Gasteiger partial charge in [-0.25, -0.2) is 0 Å². The van der Waals surface area contributed by atoms with Crippen LogP contribution in [0.1, 0.15) is 40.5 Å². The van der Waals surface area contributed by atoms with Gasteiger partial charge in [-0.3, -0.25) is 4.79 Å². The molecule has 0 heterocycles. The van der Waals surface area contributed by atoms with Gasteiger partial charge in [0.25, 0.3) is 0 Å². The number of carbonyl (C=O) groups excluding carboxylic acids is 1. The summed E-state index contributed by atoms with van der Waals surface area (Å²) >= 11 is 0. The molecule has 0 spiro atoms. The van der Waals surface area contributed by atoms with Crippen LogP contribution in [0.5, 0.6) is 0 Å². The fourth-order valence-corrected chi connectivity index (χ4v) is 1.50. The Morgan fingerprint density at radius 1 is 1.39 bits per heavy atom. The highest BCUT2D eigenvalue weighted by molar-refractivity contribution is 5.82. The van der Waals surface area contributed by atoms with E-state index in [-0.39, 0.29) is 23.8 Å². The van der Waals surface area contributed by atoms with Crippen LogP contribution in [-0.2, 0) is 4.79 Å². The molecule has 0 aliphatic rings. The molecule has 0 aliphatic carbocycles. The minimum absolute atomic E-state index is 0.0262. The van der Waals surface area contributed by atoms with Gasteiger partial charge in [0.15, 0.2) is 0 Å². The first kappa shape index (κ1) is 16.7. The van der Waals surface area contributed by atoms with Crippen molar-refractivity contribution in [3.63, 3.8) is 0 Å². The number of nitrogens with one attached hydrogen (secondary N) is 2. The summed E-state index contributed by atoms with van der Waals surface area (Å²) in [6.45, 7) is 8.56. The van der Waals surface area contributed by atoms with E-state index in [0.29, 0.717) is 18.9 Å². The molecule has 0 bridgehead atoms. The smallest absolute Gasteiger partial charge is 0.236 e. The van der Waals surface area contributed by atoms with Crippen molar-refractivity contribution in [2.24, 2.45) is 16.8 Å². The molecule has 5 N–H and O–H groups in total. The summed E-state index contributed by atoms with van der Waals surface area (Å²) in [4.78, 5) is 11.8. The molecule has 2 unspecified atom stereocenters. The lowest BCUT2D eigenvalue weighted by atomic mass is 10.1. The van der Waals surface area contributed by atoms with Gasteiger partial charge in [-0.1, -0.05) is 25.9 Å². The van der Waals surface area contributed by atoms with Crippen molar-refractivity contribution in [3.8, 4) is 0 Å². The Balaban J connectivity index is 4.17. The van der Waals surface area contributed by atoms with Crippen LogP contribution in [0.4, 0.5) is 0 Å². The van der Waals surface area contributed by atoms with Crippen molar-refractivity contribution < 1.29 is 10.0 Å². The molecular formula is C12H26N4O2. The number of amidine groups is 1. The quantitative estimate of drug-likeness (QED) is 0.222. The third kappa shape index (κ3) is 7.11. The van der Waals surface area contributed by atoms with Gasteiger partial charge < -0.3 is 21.6 Å². The second kappa shape index (κ2) is 8.74. The SMILES string of the molecule is CCC(CC(N)=NO)NC(C)C(=O)NCC(C)C. The molecule has 6 nitrogen and oxygen atoms in total. The molecule has 6 heteroatoms. The number of nitrogens with two attached hydrogens (primary N) is 1. The van der Waals surface area contributed by atoms with Crippen LogP contribution in [0.2, 0.25) is 0 Å². The number of rotatable bonds is 8. The topological polar surface area (TPSA) is 99.7 Å². The van der Waals surface area contributed by atoms with Crippen LogP contribution in [0.3, 0.4) is 0 Å². The van der Waals surface area contributed by atoms with Crippen molar-refractivity contribution in [2.45, 2.75) is 52.6 Å². The van der Waals surface area contributed by atoms with E-state index in [1.807, 2.05) is 27.7 Å². The van der Waals surface area contributed by atoms with E-state index in [4.69, 9.17) is 10.9 Å². The van der Waals surface area contributed by atoms with E-state index in [1.165, 1.54) is 0 Å². The molecule has 0 aliphatic heterocycles. The van der Waals surface area contributed by atoms with Gasteiger partial charge in [0.05, 0.1) is 6.04 Å². The van der Waals surface area contributed by atoms with Gasteiger partial charge in [-0.05, 0) is 19.3 Å². The Labute approximate surface area is 109 Å². The van der Waals surface area contributed by atoms with Crippen LogP contribution in [0, 0.1) is 5.92 Å². The molecule has 0 aromatic rings. The van der Waals surface area contributed by atoms with Gasteiger partial charge in [-0.15, -0.1) is 0 Å². The van der Waals surface area contributed by atoms with Crippen molar-refractivity contribution >= 4 is 11.7 Å². The van der Waals surface area contributed by atoms with Gasteiger partial charge in [0, 0.05) is 19.0 Å². The van der Waals surface area contributed by atoms with Crippen LogP contribution < -0.4 is 16.4 Å². The summed E-state index contributed by atoms with van der Waals surface area (Å²) in [5, 5.41) is 17.5. The normalized spacial score (nSPS) is 15.5. The molecule has 18 heavy (non-hydrogen) atoms. The number of nitrogens with zero attached hydrogens (tertiary/aromatic N) is 1. The first-order valence-electron chi connectivity index (χ1n) is 6.40. The third-order valence-corrected chi connectivity index (χ3v) is 2.64. The zero-order chi connectivity index (χ0) is 14.1. The average Bonchev–Trinajstić information content (AvgIpc) is 2.34. The van der Waals surface area contributed by atoms with E-state index >= 15 is 0 Å². The molecule has 2 atom stereocenters. The Kier molecular flexibility index (Phi) is 8.11. The van der Waals surface area contributed by atoms with Crippen molar-refractivity contribution in [1.82, 2.24) is 10.6 Å². The predicted molar refractivity (Wildman–Crippen MR) is 72.6 cm³/mol. The molecule has 106 valence electrons. The minimum Gasteiger partial charge on any atom is -0.409 e. The van der Waals surface area contributed by atoms with Gasteiger partial charge >= 0.3 is 0 Å². The minimum atomic E-state index is -0.291. The van der Waals surface area contributed by atoms with E-state index in [0.717, 1.165) is 6.42 Å². The Bertz CT molecular complexity index is 279. The van der Waals surface area contributed by atoms with E-state index < -0.39 is 0 Å². The maximum absolute atomic E-state index is 11.8. The summed E-state index contributed by atoms with van der Waals surface area (Å²) in [6.07, 6.45) is 1.23. The fraction of sp³-hybridized carbons (Fsp3) is 0.833. The summed E-state index contributed by atoms with van der Waals surface area (Å²) in [6, 6.07) is -0.263. The number of oxime groups is 1. The van der Waals surface area contributed by atoms with Crippen LogP contribution >= 0.6 is 0 Å². The summed E-state index contributed by atoms with van der Waals surface area (Å²) in [5.41, 5.74) is 5.46. The highest BCUT2D eigenvalue weighted by atomic mass is 16.4. The average molecular weight is 258 g/mol. The molecule has 0 fully saturated rings. The van der Waals surface area contributed by atoms with Gasteiger partial charge in [-0.2, -0.15) is 0 Å². The summed E-state index contributed by atoms with van der Waals surface area (Å²) in [5.74, 6) is 0.575. The van der Waals surface area contributed by atoms with E-state index in [9.17, 15) is 4.79 Å². The molecule has 0 saturated heterocycles. The van der Waals surface area contributed by atoms with E-state index in [2.05, 4.69) is 15.8 Å². The van der Waals surface area contributed by atoms with Crippen LogP contribution in [0.25, 0.3) is 0 Å². The molecule has 0 radical (unpaired) electrons. The lowest BCUT2D eigenvalue weighted by Crippen LogP contribution is -2.48. The molecule has 0 saturated carbocycles. The Morgan fingerprint density at radius 3 is 2.44 bits per heavy atom. The molecular weight excluding hydrogens is 232 g/mol. The zero-order valence-corrected chi connectivity index (χ0v) is 11.7. The highest BCUT2D eigenvalue weighted by Crippen LogP contribution is 2.00. The summed E-state index contributed by atoms with van der Waals surface area (Å²) in [7, 11) is 0. The Hall–Kier alpha value is -1.30. The first-order chi connectivity index (χ1) is 8.40. The lowest BCUT2D eigenvalue weighted by Gasteiger charge is -2.21. The van der Waals surface area contributed by atoms with Crippen molar-refractivity contribution in [1.29, 1.82) is 0 Å². The number of amides is 1. The molecule has 0 aromatic carbocycles. The zero-order valence-electron chi connectivity index (χ0n) is 11.7. The number of hydrogen-bond acceptors (Lipinski definition) is 4. The second-order valence-corrected chi connectivity index (χ2v) is 4.93. The number of hydrogen-bond donors (Lipinski definition) is 4. The predicted octanol–water partition coefficient (Wildman–Crippen LogP) is 0.652. The Morgan fingerprint density at radius 2 is 2.00 bits per heavy atom. The largest absolute Gasteiger partial charge is 0.409 e. The fourth-order valence-electron chi connectivity index (χ4n) is 1.50. The monoisotopic (exact) mass is 258 g/mol. The molecule has 1 amide bonds. The maximum Gasteiger partial charge on any atom is 0.236 e.